The van der Waals surface area contributed by atoms with Crippen molar-refractivity contribution in [3.8, 4) is 11.5 Å². The third kappa shape index (κ3) is 2.99. The molecule has 0 spiro atoms. The lowest BCUT2D eigenvalue weighted by molar-refractivity contribution is -0.274. The summed E-state index contributed by atoms with van der Waals surface area (Å²) in [6.07, 6.45) is -4.73. The van der Waals surface area contributed by atoms with E-state index in [1.165, 1.54) is 6.07 Å². The van der Waals surface area contributed by atoms with Crippen LogP contribution in [0.15, 0.2) is 18.2 Å². The van der Waals surface area contributed by atoms with E-state index in [0.29, 0.717) is 0 Å². The summed E-state index contributed by atoms with van der Waals surface area (Å²) >= 11 is 5.55. The van der Waals surface area contributed by atoms with Gasteiger partial charge in [0.25, 0.3) is 0 Å². The molecule has 1 radical (unpaired) electrons. The highest BCUT2D eigenvalue weighted by molar-refractivity contribution is 6.32. The molecule has 14 heavy (non-hydrogen) atoms. The minimum absolute atomic E-state index is 0.00162. The Balaban J connectivity index is 2.87. The summed E-state index contributed by atoms with van der Waals surface area (Å²) < 4.78 is 43.4. The fourth-order valence-electron chi connectivity index (χ4n) is 0.796. The van der Waals surface area contributed by atoms with Crippen LogP contribution in [-0.2, 0) is 0 Å². The van der Waals surface area contributed by atoms with Crippen LogP contribution >= 0.6 is 11.6 Å². The molecule has 0 N–H and O–H groups in total. The number of halogens is 4. The third-order valence-electron chi connectivity index (χ3n) is 1.29. The van der Waals surface area contributed by atoms with Crippen LogP contribution < -0.4 is 9.47 Å². The number of benzene rings is 1. The molecule has 0 saturated heterocycles. The summed E-state index contributed by atoms with van der Waals surface area (Å²) in [4.78, 5) is 0. The van der Waals surface area contributed by atoms with Crippen molar-refractivity contribution < 1.29 is 22.6 Å². The zero-order valence-corrected chi connectivity index (χ0v) is 7.52. The zero-order valence-electron chi connectivity index (χ0n) is 6.77. The predicted octanol–water partition coefficient (Wildman–Crippen LogP) is 3.41. The monoisotopic (exact) mass is 225 g/mol. The molecule has 0 fully saturated rings. The van der Waals surface area contributed by atoms with Crippen LogP contribution in [0.3, 0.4) is 0 Å². The van der Waals surface area contributed by atoms with E-state index in [0.717, 1.165) is 12.1 Å². The van der Waals surface area contributed by atoms with Gasteiger partial charge in [-0.2, -0.15) is 0 Å². The highest BCUT2D eigenvalue weighted by Crippen LogP contribution is 2.31. The number of hydrogen-bond donors (Lipinski definition) is 0. The van der Waals surface area contributed by atoms with E-state index in [4.69, 9.17) is 11.6 Å². The molecule has 0 aromatic heterocycles. The maximum absolute atomic E-state index is 11.7. The Labute approximate surface area is 83.2 Å². The molecule has 0 saturated carbocycles. The molecule has 0 aliphatic heterocycles. The summed E-state index contributed by atoms with van der Waals surface area (Å²) in [7, 11) is 3.07. The van der Waals surface area contributed by atoms with Gasteiger partial charge in [0.2, 0.25) is 0 Å². The smallest absolute Gasteiger partial charge is 0.488 e. The second-order valence-corrected chi connectivity index (χ2v) is 2.69. The Bertz CT molecular complexity index is 325. The molecule has 0 heterocycles. The highest BCUT2D eigenvalue weighted by Gasteiger charge is 2.31. The Kier molecular flexibility index (Phi) is 3.10. The number of rotatable bonds is 2. The Hall–Kier alpha value is -1.10. The topological polar surface area (TPSA) is 18.5 Å². The van der Waals surface area contributed by atoms with Gasteiger partial charge < -0.3 is 9.47 Å². The molecule has 0 aliphatic rings. The molecule has 1 aromatic rings. The zero-order chi connectivity index (χ0) is 10.8. The summed E-state index contributed by atoms with van der Waals surface area (Å²) in [6, 6.07) is 3.31. The van der Waals surface area contributed by atoms with Gasteiger partial charge in [0.05, 0.1) is 5.02 Å². The van der Waals surface area contributed by atoms with Gasteiger partial charge in [0, 0.05) is 6.07 Å². The standard InChI is InChI=1S/C8H5ClF3O2/c1-13-7-3-2-5(4-6(7)9)14-8(10,11)12/h2-4H,1H2. The van der Waals surface area contributed by atoms with Gasteiger partial charge >= 0.3 is 6.36 Å². The molecule has 0 atom stereocenters. The van der Waals surface area contributed by atoms with Gasteiger partial charge in [-0.1, -0.05) is 11.6 Å². The molecule has 1 rings (SSSR count). The first-order valence-electron chi connectivity index (χ1n) is 3.40. The van der Waals surface area contributed by atoms with Crippen LogP contribution in [0.4, 0.5) is 13.2 Å². The van der Waals surface area contributed by atoms with Crippen molar-refractivity contribution >= 4 is 11.6 Å². The molecule has 0 unspecified atom stereocenters. The van der Waals surface area contributed by atoms with Crippen LogP contribution in [0.5, 0.6) is 11.5 Å². The fourth-order valence-corrected chi connectivity index (χ4v) is 1.02. The summed E-state index contributed by atoms with van der Waals surface area (Å²) in [6.45, 7) is 0. The normalized spacial score (nSPS) is 11.2. The fraction of sp³-hybridized carbons (Fsp3) is 0.125. The highest BCUT2D eigenvalue weighted by atomic mass is 35.5. The number of hydrogen-bond acceptors (Lipinski definition) is 2. The first kappa shape index (κ1) is 11.0. The average Bonchev–Trinajstić information content (AvgIpc) is 2.01. The molecule has 1 aromatic carbocycles. The molecule has 0 bridgehead atoms. The van der Waals surface area contributed by atoms with Gasteiger partial charge in [-0.05, 0) is 12.1 Å². The minimum Gasteiger partial charge on any atom is -0.488 e. The number of alkyl halides is 3. The van der Waals surface area contributed by atoms with E-state index in [1.807, 2.05) is 0 Å². The SMILES string of the molecule is [CH2]Oc1ccc(OC(F)(F)F)cc1Cl. The van der Waals surface area contributed by atoms with Gasteiger partial charge in [0.15, 0.2) is 0 Å². The van der Waals surface area contributed by atoms with Gasteiger partial charge in [0.1, 0.15) is 18.6 Å². The largest absolute Gasteiger partial charge is 0.573 e. The van der Waals surface area contributed by atoms with Crippen LogP contribution in [0, 0.1) is 7.11 Å². The van der Waals surface area contributed by atoms with Gasteiger partial charge in [-0.15, -0.1) is 13.2 Å². The number of ether oxygens (including phenoxy) is 2. The van der Waals surface area contributed by atoms with Crippen molar-refractivity contribution in [1.29, 1.82) is 0 Å². The van der Waals surface area contributed by atoms with Crippen molar-refractivity contribution in [2.45, 2.75) is 6.36 Å². The molecule has 0 aliphatic carbocycles. The maximum atomic E-state index is 11.7. The first-order chi connectivity index (χ1) is 6.42. The molecule has 2 nitrogen and oxygen atoms in total. The summed E-state index contributed by atoms with van der Waals surface area (Å²) in [5.74, 6) is -0.218. The maximum Gasteiger partial charge on any atom is 0.573 e. The molecular formula is C8H5ClF3O2. The first-order valence-corrected chi connectivity index (χ1v) is 3.77. The van der Waals surface area contributed by atoms with Crippen LogP contribution in [-0.4, -0.2) is 6.36 Å². The summed E-state index contributed by atoms with van der Waals surface area (Å²) in [5.41, 5.74) is 0. The minimum atomic E-state index is -4.73. The Morgan fingerprint density at radius 2 is 1.93 bits per heavy atom. The molecule has 77 valence electrons. The van der Waals surface area contributed by atoms with Crippen molar-refractivity contribution in [1.82, 2.24) is 0 Å². The lowest BCUT2D eigenvalue weighted by Crippen LogP contribution is -2.17. The second-order valence-electron chi connectivity index (χ2n) is 2.28. The molecular weight excluding hydrogens is 221 g/mol. The van der Waals surface area contributed by atoms with Gasteiger partial charge in [-0.25, -0.2) is 0 Å². The van der Waals surface area contributed by atoms with Crippen LogP contribution in [0.1, 0.15) is 0 Å². The lowest BCUT2D eigenvalue weighted by Gasteiger charge is -2.09. The quantitative estimate of drug-likeness (QED) is 0.768. The van der Waals surface area contributed by atoms with Crippen molar-refractivity contribution in [2.24, 2.45) is 0 Å². The van der Waals surface area contributed by atoms with Gasteiger partial charge in [-0.3, -0.25) is 0 Å². The van der Waals surface area contributed by atoms with E-state index in [2.05, 4.69) is 16.6 Å². The van der Waals surface area contributed by atoms with E-state index in [9.17, 15) is 13.2 Å². The van der Waals surface area contributed by atoms with Crippen molar-refractivity contribution in [3.05, 3.63) is 30.3 Å². The lowest BCUT2D eigenvalue weighted by atomic mass is 10.3. The van der Waals surface area contributed by atoms with E-state index >= 15 is 0 Å². The van der Waals surface area contributed by atoms with Crippen LogP contribution in [0.2, 0.25) is 5.02 Å². The summed E-state index contributed by atoms with van der Waals surface area (Å²) in [5, 5.41) is 0.00162. The second kappa shape index (κ2) is 3.96. The Morgan fingerprint density at radius 3 is 2.36 bits per heavy atom. The van der Waals surface area contributed by atoms with Crippen molar-refractivity contribution in [2.75, 3.05) is 0 Å². The average molecular weight is 226 g/mol. The molecule has 6 heteroatoms. The van der Waals surface area contributed by atoms with E-state index < -0.39 is 12.1 Å². The Morgan fingerprint density at radius 1 is 1.29 bits per heavy atom. The molecule has 0 amide bonds. The van der Waals surface area contributed by atoms with E-state index in [1.54, 1.807) is 0 Å². The predicted molar refractivity (Wildman–Crippen MR) is 44.1 cm³/mol. The van der Waals surface area contributed by atoms with Crippen molar-refractivity contribution in [3.63, 3.8) is 0 Å². The van der Waals surface area contributed by atoms with Crippen LogP contribution in [0.25, 0.3) is 0 Å². The van der Waals surface area contributed by atoms with E-state index in [-0.39, 0.29) is 10.8 Å². The third-order valence-corrected chi connectivity index (χ3v) is 1.59.